The Kier molecular flexibility index (Phi) is 8.66. The third-order valence-corrected chi connectivity index (χ3v) is 3.15. The summed E-state index contributed by atoms with van der Waals surface area (Å²) in [6.45, 7) is 1.45. The Morgan fingerprint density at radius 3 is 2.81 bits per heavy atom. The summed E-state index contributed by atoms with van der Waals surface area (Å²) in [5.41, 5.74) is 0. The quantitative estimate of drug-likeness (QED) is 0.787. The highest BCUT2D eigenvalue weighted by Gasteiger charge is 2.02. The van der Waals surface area contributed by atoms with E-state index in [9.17, 15) is 4.79 Å². The van der Waals surface area contributed by atoms with Crippen molar-refractivity contribution in [2.45, 2.75) is 19.4 Å². The van der Waals surface area contributed by atoms with Crippen LogP contribution in [0.5, 0.6) is 0 Å². The van der Waals surface area contributed by atoms with E-state index in [2.05, 4.69) is 10.6 Å². The highest BCUT2D eigenvalue weighted by Crippen LogP contribution is 2.20. The molecular weight excluding hydrogens is 267 g/mol. The molecule has 0 saturated heterocycles. The van der Waals surface area contributed by atoms with Crippen LogP contribution in [0.25, 0.3) is 0 Å². The van der Waals surface area contributed by atoms with Gasteiger partial charge in [-0.05, 0) is 32.1 Å². The number of carbonyl (C=O) groups is 1. The van der Waals surface area contributed by atoms with Crippen LogP contribution in [0.2, 0.25) is 4.34 Å². The molecule has 0 aromatic carbocycles. The summed E-state index contributed by atoms with van der Waals surface area (Å²) in [7, 11) is 1.88. The van der Waals surface area contributed by atoms with Crippen molar-refractivity contribution >= 4 is 41.3 Å². The number of carbonyl (C=O) groups excluding carboxylic acids is 1. The molecule has 2 N–H and O–H groups in total. The normalized spacial score (nSPS) is 9.62. The lowest BCUT2D eigenvalue weighted by molar-refractivity contribution is -0.121. The van der Waals surface area contributed by atoms with Gasteiger partial charge in [0.05, 0.1) is 10.9 Å². The van der Waals surface area contributed by atoms with E-state index in [4.69, 9.17) is 11.6 Å². The number of hydrogen-bond acceptors (Lipinski definition) is 3. The first-order chi connectivity index (χ1) is 7.22. The van der Waals surface area contributed by atoms with Crippen molar-refractivity contribution in [3.63, 3.8) is 0 Å². The number of amides is 1. The molecule has 3 nitrogen and oxygen atoms in total. The molecule has 0 saturated carbocycles. The first-order valence-corrected chi connectivity index (χ1v) is 6.07. The number of halogens is 2. The molecule has 0 aliphatic rings. The Morgan fingerprint density at radius 1 is 1.50 bits per heavy atom. The second kappa shape index (κ2) is 8.82. The lowest BCUT2D eigenvalue weighted by Gasteiger charge is -2.02. The molecule has 0 fully saturated rings. The van der Waals surface area contributed by atoms with Crippen LogP contribution in [0.3, 0.4) is 0 Å². The van der Waals surface area contributed by atoms with E-state index in [0.29, 0.717) is 13.0 Å². The minimum atomic E-state index is 0. The molecule has 1 aromatic heterocycles. The van der Waals surface area contributed by atoms with Crippen LogP contribution in [0, 0.1) is 0 Å². The van der Waals surface area contributed by atoms with Crippen LogP contribution in [0.4, 0.5) is 0 Å². The van der Waals surface area contributed by atoms with Crippen LogP contribution < -0.4 is 10.6 Å². The summed E-state index contributed by atoms with van der Waals surface area (Å²) in [5.74, 6) is 0.0924. The Hall–Kier alpha value is -0.290. The molecule has 0 aliphatic carbocycles. The minimum Gasteiger partial charge on any atom is -0.351 e. The minimum absolute atomic E-state index is 0. The third kappa shape index (κ3) is 6.33. The predicted molar refractivity (Wildman–Crippen MR) is 71.6 cm³/mol. The van der Waals surface area contributed by atoms with Gasteiger partial charge in [-0.1, -0.05) is 11.6 Å². The first kappa shape index (κ1) is 15.7. The topological polar surface area (TPSA) is 41.1 Å². The van der Waals surface area contributed by atoms with Gasteiger partial charge in [-0.15, -0.1) is 23.7 Å². The molecule has 6 heteroatoms. The van der Waals surface area contributed by atoms with Gasteiger partial charge in [-0.2, -0.15) is 0 Å². The number of hydrogen-bond donors (Lipinski definition) is 2. The maximum absolute atomic E-state index is 11.3. The zero-order valence-corrected chi connectivity index (χ0v) is 11.5. The monoisotopic (exact) mass is 282 g/mol. The van der Waals surface area contributed by atoms with E-state index in [-0.39, 0.29) is 18.3 Å². The predicted octanol–water partition coefficient (Wildman–Crippen LogP) is 2.44. The molecule has 1 amide bonds. The fourth-order valence-corrected chi connectivity index (χ4v) is 2.17. The average Bonchev–Trinajstić information content (AvgIpc) is 2.62. The second-order valence-corrected chi connectivity index (χ2v) is 4.99. The van der Waals surface area contributed by atoms with Crippen molar-refractivity contribution in [2.24, 2.45) is 0 Å². The van der Waals surface area contributed by atoms with Gasteiger partial charge >= 0.3 is 0 Å². The van der Waals surface area contributed by atoms with Gasteiger partial charge in [0, 0.05) is 11.3 Å². The molecule has 0 bridgehead atoms. The van der Waals surface area contributed by atoms with Gasteiger partial charge in [0.1, 0.15) is 0 Å². The zero-order chi connectivity index (χ0) is 11.1. The molecule has 92 valence electrons. The Labute approximate surface area is 111 Å². The van der Waals surface area contributed by atoms with Crippen LogP contribution in [-0.2, 0) is 11.3 Å². The van der Waals surface area contributed by atoms with Crippen molar-refractivity contribution in [2.75, 3.05) is 13.6 Å². The molecule has 16 heavy (non-hydrogen) atoms. The lowest BCUT2D eigenvalue weighted by atomic mass is 10.3. The van der Waals surface area contributed by atoms with E-state index >= 15 is 0 Å². The molecule has 0 radical (unpaired) electrons. The van der Waals surface area contributed by atoms with E-state index in [0.717, 1.165) is 22.2 Å². The Balaban J connectivity index is 0.00000225. The summed E-state index contributed by atoms with van der Waals surface area (Å²) in [6, 6.07) is 3.77. The maximum Gasteiger partial charge on any atom is 0.220 e. The van der Waals surface area contributed by atoms with Crippen molar-refractivity contribution in [1.82, 2.24) is 10.6 Å². The van der Waals surface area contributed by atoms with Crippen LogP contribution >= 0.6 is 35.3 Å². The molecule has 0 unspecified atom stereocenters. The Morgan fingerprint density at radius 2 is 2.25 bits per heavy atom. The highest BCUT2D eigenvalue weighted by atomic mass is 35.5. The third-order valence-electron chi connectivity index (χ3n) is 1.92. The second-order valence-electron chi connectivity index (χ2n) is 3.19. The van der Waals surface area contributed by atoms with Crippen LogP contribution in [-0.4, -0.2) is 19.5 Å². The molecule has 0 aliphatic heterocycles. The van der Waals surface area contributed by atoms with E-state index in [1.54, 1.807) is 0 Å². The molecular formula is C10H16Cl2N2OS. The molecule has 1 rings (SSSR count). The summed E-state index contributed by atoms with van der Waals surface area (Å²) >= 11 is 7.27. The summed E-state index contributed by atoms with van der Waals surface area (Å²) in [4.78, 5) is 12.4. The van der Waals surface area contributed by atoms with Crippen molar-refractivity contribution in [3.05, 3.63) is 21.3 Å². The smallest absolute Gasteiger partial charge is 0.220 e. The molecule has 1 heterocycles. The van der Waals surface area contributed by atoms with E-state index in [1.165, 1.54) is 11.3 Å². The number of thiophene rings is 1. The fourth-order valence-electron chi connectivity index (χ4n) is 1.15. The molecule has 0 spiro atoms. The van der Waals surface area contributed by atoms with Gasteiger partial charge < -0.3 is 10.6 Å². The fraction of sp³-hybridized carbons (Fsp3) is 0.500. The van der Waals surface area contributed by atoms with E-state index < -0.39 is 0 Å². The average molecular weight is 283 g/mol. The summed E-state index contributed by atoms with van der Waals surface area (Å²) in [6.07, 6.45) is 1.44. The molecule has 1 aromatic rings. The number of rotatable bonds is 6. The van der Waals surface area contributed by atoms with Crippen molar-refractivity contribution in [1.29, 1.82) is 0 Å². The van der Waals surface area contributed by atoms with Crippen LogP contribution in [0.15, 0.2) is 12.1 Å². The maximum atomic E-state index is 11.3. The lowest BCUT2D eigenvalue weighted by Crippen LogP contribution is -2.23. The van der Waals surface area contributed by atoms with E-state index in [1.807, 2.05) is 19.2 Å². The SMILES string of the molecule is CNCCCC(=O)NCc1ccc(Cl)s1.Cl. The van der Waals surface area contributed by atoms with Gasteiger partial charge in [-0.25, -0.2) is 0 Å². The highest BCUT2D eigenvalue weighted by molar-refractivity contribution is 7.16. The van der Waals surface area contributed by atoms with Gasteiger partial charge in [0.25, 0.3) is 0 Å². The molecule has 0 atom stereocenters. The Bertz CT molecular complexity index is 318. The van der Waals surface area contributed by atoms with Gasteiger partial charge in [0.2, 0.25) is 5.91 Å². The largest absolute Gasteiger partial charge is 0.351 e. The van der Waals surface area contributed by atoms with Crippen molar-refractivity contribution in [3.8, 4) is 0 Å². The van der Waals surface area contributed by atoms with Gasteiger partial charge in [0.15, 0.2) is 0 Å². The zero-order valence-electron chi connectivity index (χ0n) is 9.09. The van der Waals surface area contributed by atoms with Crippen molar-refractivity contribution < 1.29 is 4.79 Å². The first-order valence-electron chi connectivity index (χ1n) is 4.88. The number of nitrogens with one attached hydrogen (secondary N) is 2. The summed E-state index contributed by atoms with van der Waals surface area (Å²) in [5, 5.41) is 5.86. The summed E-state index contributed by atoms with van der Waals surface area (Å²) < 4.78 is 0.759. The standard InChI is InChI=1S/C10H15ClN2OS.ClH/c1-12-6-2-3-10(14)13-7-8-4-5-9(11)15-8;/h4-5,12H,2-3,6-7H2,1H3,(H,13,14);1H. The van der Waals surface area contributed by atoms with Gasteiger partial charge in [-0.3, -0.25) is 4.79 Å². The van der Waals surface area contributed by atoms with Crippen LogP contribution in [0.1, 0.15) is 17.7 Å².